The van der Waals surface area contributed by atoms with Gasteiger partial charge < -0.3 is 14.7 Å². The summed E-state index contributed by atoms with van der Waals surface area (Å²) in [5, 5.41) is 9.80. The van der Waals surface area contributed by atoms with Gasteiger partial charge in [0.05, 0.1) is 0 Å². The van der Waals surface area contributed by atoms with E-state index in [0.717, 1.165) is 39.5 Å². The second kappa shape index (κ2) is 6.17. The average molecular weight is 328 g/mol. The van der Waals surface area contributed by atoms with Crippen LogP contribution >= 0.6 is 0 Å². The summed E-state index contributed by atoms with van der Waals surface area (Å²) < 4.78 is 2.07. The number of aromatic nitrogens is 2. The van der Waals surface area contributed by atoms with Crippen molar-refractivity contribution in [3.63, 3.8) is 0 Å². The standard InChI is InChI=1S/C21H16N2O2/c24-21(25)9-7-15-6-8-19-17(12-15)14-20(22-19)16-4-3-5-18(13-16)23-10-1-2-11-23/h1-14,22H,(H,24,25)/b9-7+. The molecule has 0 saturated carbocycles. The molecule has 2 N–H and O–H groups in total. The number of carboxylic acids is 1. The number of carbonyl (C=O) groups is 1. The van der Waals surface area contributed by atoms with E-state index < -0.39 is 5.97 Å². The van der Waals surface area contributed by atoms with Gasteiger partial charge in [0.2, 0.25) is 0 Å². The molecule has 25 heavy (non-hydrogen) atoms. The summed E-state index contributed by atoms with van der Waals surface area (Å²) in [6.45, 7) is 0. The molecule has 0 aliphatic rings. The first kappa shape index (κ1) is 15.0. The number of fused-ring (bicyclic) bond motifs is 1. The summed E-state index contributed by atoms with van der Waals surface area (Å²) in [5.74, 6) is -0.948. The Morgan fingerprint density at radius 3 is 2.64 bits per heavy atom. The van der Waals surface area contributed by atoms with Crippen LogP contribution in [0.1, 0.15) is 5.56 Å². The minimum atomic E-state index is -0.948. The predicted octanol–water partition coefficient (Wildman–Crippen LogP) is 4.72. The lowest BCUT2D eigenvalue weighted by molar-refractivity contribution is -0.131. The highest BCUT2D eigenvalue weighted by molar-refractivity contribution is 5.90. The Labute approximate surface area is 144 Å². The van der Waals surface area contributed by atoms with Crippen LogP contribution in [0.2, 0.25) is 0 Å². The van der Waals surface area contributed by atoms with Crippen molar-refractivity contribution in [1.29, 1.82) is 0 Å². The number of aromatic amines is 1. The summed E-state index contributed by atoms with van der Waals surface area (Å²) in [4.78, 5) is 14.1. The van der Waals surface area contributed by atoms with Gasteiger partial charge in [-0.15, -0.1) is 0 Å². The molecule has 0 unspecified atom stereocenters. The molecule has 0 fully saturated rings. The van der Waals surface area contributed by atoms with Crippen LogP contribution in [0.3, 0.4) is 0 Å². The van der Waals surface area contributed by atoms with Gasteiger partial charge in [-0.05, 0) is 54.1 Å². The van der Waals surface area contributed by atoms with Crippen LogP contribution in [0.4, 0.5) is 0 Å². The van der Waals surface area contributed by atoms with Crippen LogP contribution in [0, 0.1) is 0 Å². The summed E-state index contributed by atoms with van der Waals surface area (Å²) in [7, 11) is 0. The normalized spacial score (nSPS) is 11.4. The molecule has 2 heterocycles. The fraction of sp³-hybridized carbons (Fsp3) is 0. The maximum absolute atomic E-state index is 10.7. The average Bonchev–Trinajstić information content (AvgIpc) is 3.29. The number of hydrogen-bond acceptors (Lipinski definition) is 1. The van der Waals surface area contributed by atoms with E-state index >= 15 is 0 Å². The predicted molar refractivity (Wildman–Crippen MR) is 99.7 cm³/mol. The van der Waals surface area contributed by atoms with Crippen molar-refractivity contribution in [3.8, 4) is 16.9 Å². The largest absolute Gasteiger partial charge is 0.478 e. The Bertz CT molecular complexity index is 1070. The highest BCUT2D eigenvalue weighted by Gasteiger charge is 2.05. The van der Waals surface area contributed by atoms with E-state index in [1.807, 2.05) is 48.8 Å². The highest BCUT2D eigenvalue weighted by Crippen LogP contribution is 2.26. The molecule has 0 aliphatic carbocycles. The van der Waals surface area contributed by atoms with Gasteiger partial charge >= 0.3 is 5.97 Å². The Morgan fingerprint density at radius 2 is 1.84 bits per heavy atom. The molecule has 4 rings (SSSR count). The minimum Gasteiger partial charge on any atom is -0.478 e. The molecule has 2 aromatic carbocycles. The molecule has 4 nitrogen and oxygen atoms in total. The molecule has 0 amide bonds. The van der Waals surface area contributed by atoms with Crippen molar-refractivity contribution in [2.24, 2.45) is 0 Å². The van der Waals surface area contributed by atoms with Crippen molar-refractivity contribution in [3.05, 3.63) is 84.7 Å². The molecule has 0 atom stereocenters. The van der Waals surface area contributed by atoms with Gasteiger partial charge in [0.1, 0.15) is 0 Å². The Balaban J connectivity index is 1.72. The molecule has 122 valence electrons. The van der Waals surface area contributed by atoms with Gasteiger partial charge in [-0.2, -0.15) is 0 Å². The number of nitrogens with zero attached hydrogens (tertiary/aromatic N) is 1. The molecule has 0 spiro atoms. The summed E-state index contributed by atoms with van der Waals surface area (Å²) in [5.41, 5.74) is 5.12. The van der Waals surface area contributed by atoms with Crippen LogP contribution in [0.15, 0.2) is 79.1 Å². The lowest BCUT2D eigenvalue weighted by atomic mass is 10.1. The smallest absolute Gasteiger partial charge is 0.328 e. The maximum atomic E-state index is 10.7. The third kappa shape index (κ3) is 3.10. The topological polar surface area (TPSA) is 58.0 Å². The van der Waals surface area contributed by atoms with E-state index in [4.69, 9.17) is 5.11 Å². The van der Waals surface area contributed by atoms with Crippen molar-refractivity contribution in [2.75, 3.05) is 0 Å². The van der Waals surface area contributed by atoms with E-state index in [2.05, 4.69) is 33.8 Å². The monoisotopic (exact) mass is 328 g/mol. The molecule has 0 saturated heterocycles. The van der Waals surface area contributed by atoms with Crippen molar-refractivity contribution in [1.82, 2.24) is 9.55 Å². The van der Waals surface area contributed by atoms with Gasteiger partial charge in [-0.1, -0.05) is 18.2 Å². The Kier molecular flexibility index (Phi) is 3.71. The van der Waals surface area contributed by atoms with Gasteiger partial charge in [0.15, 0.2) is 0 Å². The molecule has 4 aromatic rings. The molecule has 2 aromatic heterocycles. The van der Waals surface area contributed by atoms with Crippen molar-refractivity contribution in [2.45, 2.75) is 0 Å². The number of benzene rings is 2. The van der Waals surface area contributed by atoms with Gasteiger partial charge in [0.25, 0.3) is 0 Å². The number of aliphatic carboxylic acids is 1. The zero-order valence-electron chi connectivity index (χ0n) is 13.4. The SMILES string of the molecule is O=C(O)/C=C/c1ccc2[nH]c(-c3cccc(-n4cccc4)c3)cc2c1. The first-order chi connectivity index (χ1) is 12.2. The zero-order chi connectivity index (χ0) is 17.2. The fourth-order valence-electron chi connectivity index (χ4n) is 2.92. The van der Waals surface area contributed by atoms with E-state index in [1.165, 1.54) is 0 Å². The lowest BCUT2D eigenvalue weighted by Gasteiger charge is -2.05. The van der Waals surface area contributed by atoms with Gasteiger partial charge in [-0.3, -0.25) is 0 Å². The van der Waals surface area contributed by atoms with Crippen LogP contribution < -0.4 is 0 Å². The van der Waals surface area contributed by atoms with Crippen LogP contribution in [0.25, 0.3) is 33.9 Å². The number of nitrogens with one attached hydrogen (secondary N) is 1. The second-order valence-electron chi connectivity index (χ2n) is 5.84. The molecule has 0 radical (unpaired) electrons. The summed E-state index contributed by atoms with van der Waals surface area (Å²) >= 11 is 0. The minimum absolute atomic E-state index is 0.863. The summed E-state index contributed by atoms with van der Waals surface area (Å²) in [6, 6.07) is 20.3. The van der Waals surface area contributed by atoms with Crippen molar-refractivity contribution < 1.29 is 9.90 Å². The number of H-pyrrole nitrogens is 1. The Morgan fingerprint density at radius 1 is 1.00 bits per heavy atom. The number of carboxylic acid groups (broad SMARTS) is 1. The third-order valence-corrected chi connectivity index (χ3v) is 4.12. The molecule has 4 heteroatoms. The van der Waals surface area contributed by atoms with Crippen LogP contribution in [0.5, 0.6) is 0 Å². The first-order valence-electron chi connectivity index (χ1n) is 7.97. The first-order valence-corrected chi connectivity index (χ1v) is 7.97. The van der Waals surface area contributed by atoms with Crippen LogP contribution in [-0.2, 0) is 4.79 Å². The number of rotatable bonds is 4. The van der Waals surface area contributed by atoms with Crippen molar-refractivity contribution >= 4 is 22.9 Å². The molecule has 0 aliphatic heterocycles. The third-order valence-electron chi connectivity index (χ3n) is 4.12. The van der Waals surface area contributed by atoms with E-state index in [-0.39, 0.29) is 0 Å². The zero-order valence-corrected chi connectivity index (χ0v) is 13.4. The molecular formula is C21H16N2O2. The van der Waals surface area contributed by atoms with Gasteiger partial charge in [-0.25, -0.2) is 4.79 Å². The highest BCUT2D eigenvalue weighted by atomic mass is 16.4. The van der Waals surface area contributed by atoms with E-state index in [1.54, 1.807) is 6.08 Å². The van der Waals surface area contributed by atoms with Crippen LogP contribution in [-0.4, -0.2) is 20.6 Å². The van der Waals surface area contributed by atoms with Gasteiger partial charge in [0, 0.05) is 46.3 Å². The fourth-order valence-corrected chi connectivity index (χ4v) is 2.92. The second-order valence-corrected chi connectivity index (χ2v) is 5.84. The molecule has 0 bridgehead atoms. The van der Waals surface area contributed by atoms with E-state index in [9.17, 15) is 4.79 Å². The molecular weight excluding hydrogens is 312 g/mol. The lowest BCUT2D eigenvalue weighted by Crippen LogP contribution is -1.89. The number of hydrogen-bond donors (Lipinski definition) is 2. The van der Waals surface area contributed by atoms with E-state index in [0.29, 0.717) is 0 Å². The Hall–Kier alpha value is -3.53. The summed E-state index contributed by atoms with van der Waals surface area (Å²) in [6.07, 6.45) is 6.78. The quantitative estimate of drug-likeness (QED) is 0.532. The maximum Gasteiger partial charge on any atom is 0.328 e.